The van der Waals surface area contributed by atoms with Crippen LogP contribution in [0.1, 0.15) is 12.0 Å². The molecule has 2 heterocycles. The number of pyridine rings is 1. The number of rotatable bonds is 7. The van der Waals surface area contributed by atoms with Crippen LogP contribution in [0.5, 0.6) is 11.5 Å². The van der Waals surface area contributed by atoms with Crippen LogP contribution in [0, 0.1) is 0 Å². The first-order chi connectivity index (χ1) is 15.5. The number of imide groups is 1. The van der Waals surface area contributed by atoms with Crippen molar-refractivity contribution in [1.29, 1.82) is 0 Å². The fourth-order valence-electron chi connectivity index (χ4n) is 3.47. The third-order valence-electron chi connectivity index (χ3n) is 5.17. The van der Waals surface area contributed by atoms with Crippen molar-refractivity contribution < 1.29 is 23.9 Å². The van der Waals surface area contributed by atoms with Gasteiger partial charge in [-0.1, -0.05) is 12.1 Å². The number of carbonyl (C=O) groups is 3. The van der Waals surface area contributed by atoms with E-state index in [0.29, 0.717) is 17.2 Å². The van der Waals surface area contributed by atoms with Crippen molar-refractivity contribution in [3.05, 3.63) is 60.3 Å². The van der Waals surface area contributed by atoms with Crippen LogP contribution in [0.2, 0.25) is 0 Å². The Bertz CT molecular complexity index is 1180. The number of anilines is 1. The Morgan fingerprint density at radius 3 is 2.50 bits per heavy atom. The Balaban J connectivity index is 1.38. The Hall–Kier alpha value is -4.14. The summed E-state index contributed by atoms with van der Waals surface area (Å²) in [5.41, 5.74) is 2.01. The topological polar surface area (TPSA) is 110 Å². The van der Waals surface area contributed by atoms with Crippen LogP contribution in [-0.2, 0) is 16.1 Å². The van der Waals surface area contributed by atoms with Crippen LogP contribution in [0.3, 0.4) is 0 Å². The van der Waals surface area contributed by atoms with Gasteiger partial charge in [-0.2, -0.15) is 0 Å². The van der Waals surface area contributed by atoms with E-state index in [0.717, 1.165) is 21.4 Å². The van der Waals surface area contributed by atoms with Gasteiger partial charge >= 0.3 is 6.03 Å². The van der Waals surface area contributed by atoms with Crippen molar-refractivity contribution in [2.45, 2.75) is 19.0 Å². The molecule has 1 aliphatic rings. The first-order valence-electron chi connectivity index (χ1n) is 9.95. The van der Waals surface area contributed by atoms with Gasteiger partial charge in [0.25, 0.3) is 5.91 Å². The molecule has 1 fully saturated rings. The predicted molar refractivity (Wildman–Crippen MR) is 117 cm³/mol. The fraction of sp³-hybridized carbons (Fsp3) is 0.217. The molecule has 2 N–H and O–H groups in total. The lowest BCUT2D eigenvalue weighted by molar-refractivity contribution is -0.130. The summed E-state index contributed by atoms with van der Waals surface area (Å²) in [4.78, 5) is 42.9. The predicted octanol–water partition coefficient (Wildman–Crippen LogP) is 2.70. The van der Waals surface area contributed by atoms with Gasteiger partial charge in [-0.25, -0.2) is 4.79 Å². The van der Waals surface area contributed by atoms with E-state index >= 15 is 0 Å². The molecule has 4 amide bonds. The number of aromatic nitrogens is 1. The van der Waals surface area contributed by atoms with E-state index in [-0.39, 0.29) is 13.0 Å². The molecule has 4 rings (SSSR count). The van der Waals surface area contributed by atoms with E-state index in [9.17, 15) is 14.4 Å². The first-order valence-corrected chi connectivity index (χ1v) is 9.95. The number of ether oxygens (including phenoxy) is 2. The second kappa shape index (κ2) is 8.93. The Morgan fingerprint density at radius 2 is 1.78 bits per heavy atom. The summed E-state index contributed by atoms with van der Waals surface area (Å²) in [5.74, 6) is 0.536. The summed E-state index contributed by atoms with van der Waals surface area (Å²) in [6.45, 7) is 0.116. The highest BCUT2D eigenvalue weighted by atomic mass is 16.5. The minimum atomic E-state index is -0.918. The molecule has 0 saturated carbocycles. The summed E-state index contributed by atoms with van der Waals surface area (Å²) in [6.07, 6.45) is 1.36. The average molecular weight is 434 g/mol. The van der Waals surface area contributed by atoms with E-state index in [2.05, 4.69) is 15.6 Å². The number of methoxy groups -OCH3 is 2. The molecule has 0 radical (unpaired) electrons. The maximum absolute atomic E-state index is 12.7. The maximum Gasteiger partial charge on any atom is 0.325 e. The molecule has 1 aromatic heterocycles. The van der Waals surface area contributed by atoms with Crippen molar-refractivity contribution in [3.8, 4) is 11.5 Å². The minimum absolute atomic E-state index is 0.116. The zero-order valence-corrected chi connectivity index (χ0v) is 17.6. The van der Waals surface area contributed by atoms with Crippen LogP contribution in [0.4, 0.5) is 10.5 Å². The summed E-state index contributed by atoms with van der Waals surface area (Å²) < 4.78 is 10.3. The van der Waals surface area contributed by atoms with Crippen LogP contribution < -0.4 is 20.1 Å². The lowest BCUT2D eigenvalue weighted by atomic mass is 10.1. The molecular formula is C23H22N4O5. The van der Waals surface area contributed by atoms with Gasteiger partial charge in [-0.05, 0) is 35.9 Å². The molecule has 0 aliphatic carbocycles. The number of nitrogens with one attached hydrogen (secondary N) is 2. The van der Waals surface area contributed by atoms with Gasteiger partial charge in [0.1, 0.15) is 17.5 Å². The molecule has 32 heavy (non-hydrogen) atoms. The molecule has 0 unspecified atom stereocenters. The van der Waals surface area contributed by atoms with Crippen LogP contribution in [0.15, 0.2) is 54.7 Å². The van der Waals surface area contributed by atoms with Gasteiger partial charge in [0, 0.05) is 11.5 Å². The number of amides is 4. The lowest BCUT2D eigenvalue weighted by Gasteiger charge is -2.13. The smallest absolute Gasteiger partial charge is 0.325 e. The second-order valence-corrected chi connectivity index (χ2v) is 7.31. The molecule has 0 spiro atoms. The molecule has 9 nitrogen and oxygen atoms in total. The highest BCUT2D eigenvalue weighted by Gasteiger charge is 2.39. The maximum atomic E-state index is 12.7. The summed E-state index contributed by atoms with van der Waals surface area (Å²) in [5, 5.41) is 6.14. The van der Waals surface area contributed by atoms with Gasteiger partial charge in [0.2, 0.25) is 5.91 Å². The third-order valence-corrected chi connectivity index (χ3v) is 5.17. The Kier molecular flexibility index (Phi) is 5.89. The van der Waals surface area contributed by atoms with E-state index in [4.69, 9.17) is 9.47 Å². The van der Waals surface area contributed by atoms with E-state index in [1.165, 1.54) is 6.20 Å². The van der Waals surface area contributed by atoms with Crippen molar-refractivity contribution in [3.63, 3.8) is 0 Å². The Labute approximate surface area is 184 Å². The van der Waals surface area contributed by atoms with Gasteiger partial charge in [0.15, 0.2) is 0 Å². The SMILES string of the molecule is COc1ccc(CN2C(=O)N[C@@H](CC(=O)Nc3cnc4cc(OC)ccc4c3)C2=O)cc1. The van der Waals surface area contributed by atoms with E-state index < -0.39 is 23.9 Å². The van der Waals surface area contributed by atoms with Crippen molar-refractivity contribution >= 4 is 34.4 Å². The number of urea groups is 1. The quantitative estimate of drug-likeness (QED) is 0.554. The van der Waals surface area contributed by atoms with Crippen LogP contribution in [-0.4, -0.2) is 48.0 Å². The summed E-state index contributed by atoms with van der Waals surface area (Å²) >= 11 is 0. The summed E-state index contributed by atoms with van der Waals surface area (Å²) in [7, 11) is 3.14. The number of nitrogens with zero attached hydrogens (tertiary/aromatic N) is 2. The van der Waals surface area contributed by atoms with Crippen LogP contribution in [0.25, 0.3) is 10.9 Å². The fourth-order valence-corrected chi connectivity index (χ4v) is 3.47. The van der Waals surface area contributed by atoms with Crippen molar-refractivity contribution in [2.75, 3.05) is 19.5 Å². The first kappa shape index (κ1) is 21.1. The van der Waals surface area contributed by atoms with Crippen molar-refractivity contribution in [1.82, 2.24) is 15.2 Å². The van der Waals surface area contributed by atoms with Gasteiger partial charge < -0.3 is 20.1 Å². The minimum Gasteiger partial charge on any atom is -0.497 e. The van der Waals surface area contributed by atoms with E-state index in [1.54, 1.807) is 56.7 Å². The lowest BCUT2D eigenvalue weighted by Crippen LogP contribution is -2.34. The summed E-state index contributed by atoms with van der Waals surface area (Å²) in [6, 6.07) is 12.9. The normalized spacial score (nSPS) is 15.6. The van der Waals surface area contributed by atoms with Gasteiger partial charge in [-0.15, -0.1) is 0 Å². The zero-order chi connectivity index (χ0) is 22.7. The average Bonchev–Trinajstić information content (AvgIpc) is 3.06. The number of hydrogen-bond donors (Lipinski definition) is 2. The highest BCUT2D eigenvalue weighted by Crippen LogP contribution is 2.22. The molecule has 3 aromatic rings. The van der Waals surface area contributed by atoms with Gasteiger partial charge in [-0.3, -0.25) is 19.5 Å². The number of fused-ring (bicyclic) bond motifs is 1. The molecule has 2 aromatic carbocycles. The third kappa shape index (κ3) is 4.46. The van der Waals surface area contributed by atoms with Crippen LogP contribution >= 0.6 is 0 Å². The van der Waals surface area contributed by atoms with Gasteiger partial charge in [0.05, 0.1) is 44.6 Å². The Morgan fingerprint density at radius 1 is 1.06 bits per heavy atom. The second-order valence-electron chi connectivity index (χ2n) is 7.31. The molecule has 1 aliphatic heterocycles. The molecule has 1 saturated heterocycles. The highest BCUT2D eigenvalue weighted by molar-refractivity contribution is 6.07. The monoisotopic (exact) mass is 434 g/mol. The number of hydrogen-bond acceptors (Lipinski definition) is 6. The molecule has 0 bridgehead atoms. The largest absolute Gasteiger partial charge is 0.497 e. The van der Waals surface area contributed by atoms with E-state index in [1.807, 2.05) is 6.07 Å². The zero-order valence-electron chi connectivity index (χ0n) is 17.6. The number of carbonyl (C=O) groups excluding carboxylic acids is 3. The molecular weight excluding hydrogens is 412 g/mol. The molecule has 9 heteroatoms. The standard InChI is InChI=1S/C23H22N4O5/c1-31-17-6-3-14(4-7-17)13-27-22(29)20(26-23(27)30)11-21(28)25-16-9-15-5-8-18(32-2)10-19(15)24-12-16/h3-10,12,20H,11,13H2,1-2H3,(H,25,28)(H,26,30)/t20-/m0/s1. The van der Waals surface area contributed by atoms with Crippen molar-refractivity contribution in [2.24, 2.45) is 0 Å². The number of benzene rings is 2. The molecule has 1 atom stereocenters. The molecule has 164 valence electrons.